The molecule has 0 spiro atoms. The minimum atomic E-state index is 0.0956. The molecule has 1 aromatic heterocycles. The normalized spacial score (nSPS) is 10.2. The molecule has 0 bridgehead atoms. The fraction of sp³-hybridized carbons (Fsp3) is 0.700. The lowest BCUT2D eigenvalue weighted by molar-refractivity contribution is -0.128. The highest BCUT2D eigenvalue weighted by atomic mass is 32.1. The Balaban J connectivity index is 2.41. The fourth-order valence-corrected chi connectivity index (χ4v) is 1.95. The lowest BCUT2D eigenvalue weighted by atomic mass is 10.4. The summed E-state index contributed by atoms with van der Waals surface area (Å²) in [6.45, 7) is 7.73. The van der Waals surface area contributed by atoms with Crippen LogP contribution in [0.3, 0.4) is 0 Å². The summed E-state index contributed by atoms with van der Waals surface area (Å²) in [7, 11) is 0. The Labute approximate surface area is 100 Å². The molecular formula is C10H18N4OS. The van der Waals surface area contributed by atoms with Crippen LogP contribution in [0, 0.1) is 0 Å². The number of hydrogen-bond donors (Lipinski definition) is 1. The van der Waals surface area contributed by atoms with Crippen molar-refractivity contribution in [2.24, 2.45) is 0 Å². The molecule has 0 aliphatic rings. The molecule has 1 aromatic rings. The summed E-state index contributed by atoms with van der Waals surface area (Å²) in [6.07, 6.45) is 0.822. The van der Waals surface area contributed by atoms with Gasteiger partial charge in [0.15, 0.2) is 0 Å². The summed E-state index contributed by atoms with van der Waals surface area (Å²) in [6, 6.07) is 0. The lowest BCUT2D eigenvalue weighted by Gasteiger charge is -2.18. The summed E-state index contributed by atoms with van der Waals surface area (Å²) in [5.74, 6) is 0.918. The van der Waals surface area contributed by atoms with Crippen LogP contribution >= 0.6 is 11.5 Å². The second-order valence-corrected chi connectivity index (χ2v) is 4.04. The van der Waals surface area contributed by atoms with Crippen LogP contribution in [0.15, 0.2) is 0 Å². The van der Waals surface area contributed by atoms with E-state index < -0.39 is 0 Å². The Hall–Kier alpha value is -1.17. The summed E-state index contributed by atoms with van der Waals surface area (Å²) < 4.78 is 4.14. The number of nitrogens with one attached hydrogen (secondary N) is 1. The molecule has 1 rings (SSSR count). The molecule has 0 aromatic carbocycles. The van der Waals surface area contributed by atoms with Gasteiger partial charge in [0.1, 0.15) is 5.82 Å². The third-order valence-corrected chi connectivity index (χ3v) is 3.00. The first-order valence-electron chi connectivity index (χ1n) is 5.55. The summed E-state index contributed by atoms with van der Waals surface area (Å²) >= 11 is 1.30. The number of carbonyl (C=O) groups is 1. The number of nitrogens with zero attached hydrogens (tertiary/aromatic N) is 3. The van der Waals surface area contributed by atoms with Gasteiger partial charge in [0.05, 0.1) is 6.54 Å². The van der Waals surface area contributed by atoms with Crippen LogP contribution in [0.2, 0.25) is 0 Å². The molecule has 0 aliphatic carbocycles. The number of anilines is 1. The smallest absolute Gasteiger partial charge is 0.241 e. The first-order chi connectivity index (χ1) is 7.71. The van der Waals surface area contributed by atoms with Gasteiger partial charge in [0.2, 0.25) is 11.0 Å². The predicted octanol–water partition coefficient (Wildman–Crippen LogP) is 1.38. The van der Waals surface area contributed by atoms with Gasteiger partial charge in [-0.1, -0.05) is 6.92 Å². The van der Waals surface area contributed by atoms with Crippen LogP contribution < -0.4 is 5.32 Å². The van der Waals surface area contributed by atoms with Crippen molar-refractivity contribution < 1.29 is 4.79 Å². The zero-order chi connectivity index (χ0) is 12.0. The largest absolute Gasteiger partial charge is 0.351 e. The van der Waals surface area contributed by atoms with Crippen molar-refractivity contribution in [3.05, 3.63) is 5.82 Å². The van der Waals surface area contributed by atoms with Crippen molar-refractivity contribution >= 4 is 22.6 Å². The average Bonchev–Trinajstić information content (AvgIpc) is 2.76. The number of aromatic nitrogens is 2. The van der Waals surface area contributed by atoms with Gasteiger partial charge in [-0.2, -0.15) is 4.37 Å². The van der Waals surface area contributed by atoms with E-state index in [-0.39, 0.29) is 5.91 Å². The van der Waals surface area contributed by atoms with Crippen molar-refractivity contribution in [2.75, 3.05) is 25.0 Å². The highest BCUT2D eigenvalue weighted by Gasteiger charge is 2.10. The van der Waals surface area contributed by atoms with E-state index in [1.54, 1.807) is 4.90 Å². The Morgan fingerprint density at radius 3 is 2.56 bits per heavy atom. The van der Waals surface area contributed by atoms with Crippen molar-refractivity contribution in [3.63, 3.8) is 0 Å². The Bertz CT molecular complexity index is 335. The van der Waals surface area contributed by atoms with Gasteiger partial charge in [0, 0.05) is 31.0 Å². The van der Waals surface area contributed by atoms with Gasteiger partial charge in [-0.05, 0) is 13.8 Å². The van der Waals surface area contributed by atoms with E-state index >= 15 is 0 Å². The van der Waals surface area contributed by atoms with Gasteiger partial charge < -0.3 is 10.2 Å². The highest BCUT2D eigenvalue weighted by Crippen LogP contribution is 2.10. The molecule has 5 nitrogen and oxygen atoms in total. The quantitative estimate of drug-likeness (QED) is 0.819. The molecule has 0 saturated carbocycles. The van der Waals surface area contributed by atoms with Crippen LogP contribution in [0.1, 0.15) is 26.6 Å². The van der Waals surface area contributed by atoms with Gasteiger partial charge in [-0.3, -0.25) is 4.79 Å². The number of hydrogen-bond acceptors (Lipinski definition) is 5. The minimum absolute atomic E-state index is 0.0956. The first-order valence-corrected chi connectivity index (χ1v) is 6.32. The molecule has 1 amide bonds. The molecule has 6 heteroatoms. The fourth-order valence-electron chi connectivity index (χ4n) is 1.31. The van der Waals surface area contributed by atoms with Gasteiger partial charge in [-0.15, -0.1) is 0 Å². The molecule has 90 valence electrons. The van der Waals surface area contributed by atoms with Crippen molar-refractivity contribution in [1.82, 2.24) is 14.3 Å². The number of carbonyl (C=O) groups excluding carboxylic acids is 1. The predicted molar refractivity (Wildman–Crippen MR) is 65.7 cm³/mol. The Morgan fingerprint density at radius 1 is 1.38 bits per heavy atom. The zero-order valence-corrected chi connectivity index (χ0v) is 10.8. The van der Waals surface area contributed by atoms with E-state index in [1.165, 1.54) is 11.5 Å². The van der Waals surface area contributed by atoms with E-state index in [9.17, 15) is 4.79 Å². The summed E-state index contributed by atoms with van der Waals surface area (Å²) in [5, 5.41) is 3.72. The van der Waals surface area contributed by atoms with E-state index in [2.05, 4.69) is 14.7 Å². The molecule has 0 aliphatic heterocycles. The van der Waals surface area contributed by atoms with Crippen molar-refractivity contribution in [1.29, 1.82) is 0 Å². The Kier molecular flexibility index (Phi) is 5.18. The number of rotatable bonds is 6. The molecule has 0 saturated heterocycles. The molecular weight excluding hydrogens is 224 g/mol. The zero-order valence-electron chi connectivity index (χ0n) is 9.99. The topological polar surface area (TPSA) is 58.1 Å². The van der Waals surface area contributed by atoms with Crippen LogP contribution in [0.5, 0.6) is 0 Å². The summed E-state index contributed by atoms with van der Waals surface area (Å²) in [4.78, 5) is 17.7. The third kappa shape index (κ3) is 3.44. The maximum atomic E-state index is 11.7. The number of likely N-dealkylation sites (N-methyl/N-ethyl adjacent to an activating group) is 1. The van der Waals surface area contributed by atoms with Crippen LogP contribution in [0.4, 0.5) is 5.13 Å². The summed E-state index contributed by atoms with van der Waals surface area (Å²) in [5.41, 5.74) is 0. The third-order valence-electron chi connectivity index (χ3n) is 2.29. The molecule has 0 radical (unpaired) electrons. The van der Waals surface area contributed by atoms with Crippen molar-refractivity contribution in [3.8, 4) is 0 Å². The maximum Gasteiger partial charge on any atom is 0.241 e. The number of aryl methyl sites for hydroxylation is 1. The SMILES string of the molecule is CCc1nsc(NCC(=O)N(CC)CC)n1. The van der Waals surface area contributed by atoms with E-state index in [1.807, 2.05) is 20.8 Å². The van der Waals surface area contributed by atoms with Crippen LogP contribution in [0.25, 0.3) is 0 Å². The molecule has 1 heterocycles. The van der Waals surface area contributed by atoms with Crippen molar-refractivity contribution in [2.45, 2.75) is 27.2 Å². The van der Waals surface area contributed by atoms with Crippen LogP contribution in [-0.2, 0) is 11.2 Å². The second kappa shape index (κ2) is 6.42. The molecule has 0 atom stereocenters. The average molecular weight is 242 g/mol. The van der Waals surface area contributed by atoms with Gasteiger partial charge >= 0.3 is 0 Å². The molecule has 16 heavy (non-hydrogen) atoms. The molecule has 1 N–H and O–H groups in total. The second-order valence-electron chi connectivity index (χ2n) is 3.29. The van der Waals surface area contributed by atoms with Gasteiger partial charge in [0.25, 0.3) is 0 Å². The maximum absolute atomic E-state index is 11.7. The van der Waals surface area contributed by atoms with Gasteiger partial charge in [-0.25, -0.2) is 4.98 Å². The first kappa shape index (κ1) is 12.9. The monoisotopic (exact) mass is 242 g/mol. The molecule has 0 fully saturated rings. The minimum Gasteiger partial charge on any atom is -0.351 e. The standard InChI is InChI=1S/C10H18N4OS/c1-4-8-12-10(16-13-8)11-7-9(15)14(5-2)6-3/h4-7H2,1-3H3,(H,11,12,13). The molecule has 0 unspecified atom stereocenters. The van der Waals surface area contributed by atoms with E-state index in [0.29, 0.717) is 6.54 Å². The Morgan fingerprint density at radius 2 is 2.06 bits per heavy atom. The number of amides is 1. The van der Waals surface area contributed by atoms with E-state index in [4.69, 9.17) is 0 Å². The van der Waals surface area contributed by atoms with E-state index in [0.717, 1.165) is 30.5 Å². The van der Waals surface area contributed by atoms with Crippen LogP contribution in [-0.4, -0.2) is 39.8 Å². The lowest BCUT2D eigenvalue weighted by Crippen LogP contribution is -2.35. The highest BCUT2D eigenvalue weighted by molar-refractivity contribution is 7.09.